The van der Waals surface area contributed by atoms with Crippen LogP contribution in [0.25, 0.3) is 0 Å². The second-order valence-corrected chi connectivity index (χ2v) is 6.32. The third kappa shape index (κ3) is 2.10. The largest absolute Gasteiger partial charge is 0.369 e. The summed E-state index contributed by atoms with van der Waals surface area (Å²) in [4.78, 5) is 11.9. The number of piperidine rings is 1. The molecule has 2 heterocycles. The monoisotopic (exact) mass is 225 g/mol. The van der Waals surface area contributed by atoms with Gasteiger partial charge in [-0.25, -0.2) is 0 Å². The van der Waals surface area contributed by atoms with Crippen molar-refractivity contribution in [1.29, 1.82) is 0 Å². The molecule has 3 heteroatoms. The van der Waals surface area contributed by atoms with E-state index in [1.54, 1.807) is 0 Å². The van der Waals surface area contributed by atoms with Crippen molar-refractivity contribution in [2.24, 2.45) is 11.8 Å². The molecular weight excluding hydrogens is 202 g/mol. The summed E-state index contributed by atoms with van der Waals surface area (Å²) >= 11 is 0. The van der Waals surface area contributed by atoms with Gasteiger partial charge in [-0.3, -0.25) is 4.79 Å². The minimum atomic E-state index is -0.178. The lowest BCUT2D eigenvalue weighted by atomic mass is 9.74. The van der Waals surface area contributed by atoms with E-state index in [9.17, 15) is 4.79 Å². The molecule has 2 rings (SSSR count). The van der Waals surface area contributed by atoms with Crippen LogP contribution >= 0.6 is 0 Å². The molecule has 2 saturated heterocycles. The van der Waals surface area contributed by atoms with E-state index >= 15 is 0 Å². The molecule has 0 spiro atoms. The molecule has 0 radical (unpaired) electrons. The van der Waals surface area contributed by atoms with Crippen molar-refractivity contribution in [3.8, 4) is 0 Å². The van der Waals surface area contributed by atoms with Gasteiger partial charge in [-0.1, -0.05) is 0 Å². The fourth-order valence-corrected chi connectivity index (χ4v) is 3.41. The van der Waals surface area contributed by atoms with E-state index in [0.717, 1.165) is 25.8 Å². The lowest BCUT2D eigenvalue weighted by molar-refractivity contribution is -0.132. The van der Waals surface area contributed by atoms with Crippen LogP contribution in [0.15, 0.2) is 0 Å². The number of amides is 1. The summed E-state index contributed by atoms with van der Waals surface area (Å²) in [7, 11) is 0. The van der Waals surface area contributed by atoms with Crippen molar-refractivity contribution in [2.75, 3.05) is 6.54 Å². The molecule has 1 N–H and O–H groups in total. The highest BCUT2D eigenvalue weighted by atomic mass is 16.5. The van der Waals surface area contributed by atoms with E-state index in [0.29, 0.717) is 5.92 Å². The van der Waals surface area contributed by atoms with Crippen LogP contribution in [0.5, 0.6) is 0 Å². The van der Waals surface area contributed by atoms with Crippen LogP contribution in [0.2, 0.25) is 0 Å². The highest BCUT2D eigenvalue weighted by Gasteiger charge is 2.50. The Kier molecular flexibility index (Phi) is 2.77. The van der Waals surface area contributed by atoms with E-state index in [1.807, 2.05) is 0 Å². The number of rotatable bonds is 1. The van der Waals surface area contributed by atoms with Crippen molar-refractivity contribution >= 4 is 5.91 Å². The van der Waals surface area contributed by atoms with E-state index in [4.69, 9.17) is 4.74 Å². The molecule has 0 aromatic rings. The van der Waals surface area contributed by atoms with E-state index < -0.39 is 0 Å². The van der Waals surface area contributed by atoms with Gasteiger partial charge in [0.25, 0.3) is 0 Å². The van der Waals surface area contributed by atoms with Crippen LogP contribution in [-0.4, -0.2) is 23.7 Å². The predicted octanol–water partition coefficient (Wildman–Crippen LogP) is 2.11. The van der Waals surface area contributed by atoms with Crippen molar-refractivity contribution in [1.82, 2.24) is 5.32 Å². The molecule has 0 aliphatic carbocycles. The first kappa shape index (κ1) is 11.9. The minimum Gasteiger partial charge on any atom is -0.369 e. The number of hydrogen-bond acceptors (Lipinski definition) is 2. The van der Waals surface area contributed by atoms with Gasteiger partial charge in [0.05, 0.1) is 11.2 Å². The molecule has 2 unspecified atom stereocenters. The molecule has 92 valence electrons. The summed E-state index contributed by atoms with van der Waals surface area (Å²) < 4.78 is 6.07. The van der Waals surface area contributed by atoms with Gasteiger partial charge in [0.15, 0.2) is 0 Å². The Bertz CT molecular complexity index is 296. The summed E-state index contributed by atoms with van der Waals surface area (Å²) in [6, 6.07) is 0. The molecule has 0 aromatic carbocycles. The van der Waals surface area contributed by atoms with Gasteiger partial charge in [-0.15, -0.1) is 0 Å². The smallest absolute Gasteiger partial charge is 0.223 e. The normalized spacial score (nSPS) is 37.1. The number of carbonyl (C=O) groups is 1. The zero-order chi connectivity index (χ0) is 12.0. The Balaban J connectivity index is 2.17. The summed E-state index contributed by atoms with van der Waals surface area (Å²) in [6.45, 7) is 9.32. The Morgan fingerprint density at radius 1 is 1.31 bits per heavy atom. The van der Waals surface area contributed by atoms with Crippen molar-refractivity contribution in [3.63, 3.8) is 0 Å². The van der Waals surface area contributed by atoms with Crippen LogP contribution < -0.4 is 5.32 Å². The lowest BCUT2D eigenvalue weighted by Crippen LogP contribution is -2.45. The maximum Gasteiger partial charge on any atom is 0.223 e. The Hall–Kier alpha value is -0.570. The van der Waals surface area contributed by atoms with Crippen molar-refractivity contribution < 1.29 is 9.53 Å². The van der Waals surface area contributed by atoms with Gasteiger partial charge >= 0.3 is 0 Å². The Labute approximate surface area is 97.9 Å². The Morgan fingerprint density at radius 3 is 2.50 bits per heavy atom. The second-order valence-electron chi connectivity index (χ2n) is 6.32. The first-order valence-electron chi connectivity index (χ1n) is 6.30. The SMILES string of the molecule is CC1(C)CC(C2CCCNC2=O)C(C)(C)O1. The first-order valence-corrected chi connectivity index (χ1v) is 6.30. The first-order chi connectivity index (χ1) is 7.32. The third-order valence-electron chi connectivity index (χ3n) is 3.96. The predicted molar refractivity (Wildman–Crippen MR) is 63.1 cm³/mol. The van der Waals surface area contributed by atoms with Crippen molar-refractivity contribution in [2.45, 2.75) is 58.2 Å². The number of carbonyl (C=O) groups excluding carboxylic acids is 1. The number of nitrogens with one attached hydrogen (secondary N) is 1. The molecular formula is C13H23NO2. The summed E-state index contributed by atoms with van der Waals surface area (Å²) in [5, 5.41) is 2.98. The van der Waals surface area contributed by atoms with Crippen LogP contribution in [-0.2, 0) is 9.53 Å². The van der Waals surface area contributed by atoms with E-state index in [-0.39, 0.29) is 23.0 Å². The van der Waals surface area contributed by atoms with E-state index in [2.05, 4.69) is 33.0 Å². The van der Waals surface area contributed by atoms with E-state index in [1.165, 1.54) is 0 Å². The highest BCUT2D eigenvalue weighted by Crippen LogP contribution is 2.47. The fourth-order valence-electron chi connectivity index (χ4n) is 3.41. The van der Waals surface area contributed by atoms with Crippen LogP contribution in [0.1, 0.15) is 47.0 Å². The second kappa shape index (κ2) is 3.73. The lowest BCUT2D eigenvalue weighted by Gasteiger charge is -2.34. The molecule has 0 aromatic heterocycles. The van der Waals surface area contributed by atoms with Gasteiger partial charge in [0.1, 0.15) is 0 Å². The molecule has 16 heavy (non-hydrogen) atoms. The molecule has 2 aliphatic rings. The third-order valence-corrected chi connectivity index (χ3v) is 3.96. The zero-order valence-corrected chi connectivity index (χ0v) is 10.8. The topological polar surface area (TPSA) is 38.3 Å². The molecule has 0 saturated carbocycles. The average molecular weight is 225 g/mol. The summed E-state index contributed by atoms with van der Waals surface area (Å²) in [5.74, 6) is 0.721. The number of ether oxygens (including phenoxy) is 1. The van der Waals surface area contributed by atoms with Gasteiger partial charge in [0, 0.05) is 18.4 Å². The summed E-state index contributed by atoms with van der Waals surface area (Å²) in [5.41, 5.74) is -0.269. The minimum absolute atomic E-state index is 0.0914. The van der Waals surface area contributed by atoms with Crippen LogP contribution in [0, 0.1) is 11.8 Å². The Morgan fingerprint density at radius 2 is 2.00 bits per heavy atom. The average Bonchev–Trinajstić information content (AvgIpc) is 2.35. The van der Waals surface area contributed by atoms with Crippen LogP contribution in [0.4, 0.5) is 0 Å². The highest BCUT2D eigenvalue weighted by molar-refractivity contribution is 5.79. The molecule has 0 bridgehead atoms. The number of hydrogen-bond donors (Lipinski definition) is 1. The van der Waals surface area contributed by atoms with Gasteiger partial charge in [0.2, 0.25) is 5.91 Å². The standard InChI is InChI=1S/C13H23NO2/c1-12(2)8-10(13(3,4)16-12)9-6-5-7-14-11(9)15/h9-10H,5-8H2,1-4H3,(H,14,15). The summed E-state index contributed by atoms with van der Waals surface area (Å²) in [6.07, 6.45) is 3.10. The maximum absolute atomic E-state index is 11.9. The quantitative estimate of drug-likeness (QED) is 0.742. The molecule has 3 nitrogen and oxygen atoms in total. The van der Waals surface area contributed by atoms with Gasteiger partial charge in [-0.05, 0) is 47.0 Å². The molecule has 2 aliphatic heterocycles. The maximum atomic E-state index is 11.9. The fraction of sp³-hybridized carbons (Fsp3) is 0.923. The van der Waals surface area contributed by atoms with Crippen molar-refractivity contribution in [3.05, 3.63) is 0 Å². The zero-order valence-electron chi connectivity index (χ0n) is 10.8. The molecule has 2 fully saturated rings. The van der Waals surface area contributed by atoms with Crippen LogP contribution in [0.3, 0.4) is 0 Å². The molecule has 1 amide bonds. The van der Waals surface area contributed by atoms with Gasteiger partial charge in [-0.2, -0.15) is 0 Å². The van der Waals surface area contributed by atoms with Gasteiger partial charge < -0.3 is 10.1 Å². The molecule has 2 atom stereocenters.